The Morgan fingerprint density at radius 1 is 1.13 bits per heavy atom. The maximum absolute atomic E-state index is 11.3. The number of carbonyl (C=O) groups excluding carboxylic acids is 2. The van der Waals surface area contributed by atoms with Crippen molar-refractivity contribution >= 4 is 29.0 Å². The molecule has 84 valence electrons. The third-order valence-corrected chi connectivity index (χ3v) is 1.79. The molecule has 0 aliphatic carbocycles. The molecule has 0 aromatic rings. The molecule has 0 N–H and O–H groups in total. The fraction of sp³-hybridized carbons (Fsp3) is 0.444. The molecule has 0 saturated heterocycles. The minimum Gasteiger partial charge on any atom is -0.465 e. The van der Waals surface area contributed by atoms with E-state index in [2.05, 4.69) is 9.47 Å². The third kappa shape index (κ3) is 4.07. The molecule has 0 rings (SSSR count). The first-order chi connectivity index (χ1) is 6.93. The first kappa shape index (κ1) is 13.6. The van der Waals surface area contributed by atoms with Crippen LogP contribution in [0.15, 0.2) is 11.8 Å². The zero-order chi connectivity index (χ0) is 12.0. The van der Waals surface area contributed by atoms with E-state index in [0.717, 1.165) is 0 Å². The van der Waals surface area contributed by atoms with Gasteiger partial charge in [-0.05, 0) is 0 Å². The van der Waals surface area contributed by atoms with Gasteiger partial charge in [-0.2, -0.15) is 0 Å². The minimum atomic E-state index is -0.733. The van der Waals surface area contributed by atoms with Crippen molar-refractivity contribution < 1.29 is 19.1 Å². The topological polar surface area (TPSA) is 55.8 Å². The molecule has 0 atom stereocenters. The highest BCUT2D eigenvalue weighted by molar-refractivity contribution is 7.82. The van der Waals surface area contributed by atoms with Crippen LogP contribution < -0.4 is 0 Å². The zero-order valence-electron chi connectivity index (χ0n) is 9.07. The quantitative estimate of drug-likeness (QED) is 0.390. The molecule has 0 aromatic carbocycles. The molecule has 0 amide bonds. The molecule has 0 heterocycles. The summed E-state index contributed by atoms with van der Waals surface area (Å²) in [6.45, 7) is 0. The lowest BCUT2D eigenvalue weighted by Crippen LogP contribution is -2.23. The average molecular weight is 231 g/mol. The monoisotopic (exact) mass is 231 g/mol. The van der Waals surface area contributed by atoms with E-state index in [0.29, 0.717) is 0 Å². The number of hydrogen-bond acceptors (Lipinski definition) is 6. The zero-order valence-corrected chi connectivity index (χ0v) is 9.88. The molecule has 0 bridgehead atoms. The van der Waals surface area contributed by atoms with E-state index in [1.54, 1.807) is 19.0 Å². The summed E-state index contributed by atoms with van der Waals surface area (Å²) >= 11 is 4.79. The van der Waals surface area contributed by atoms with E-state index in [1.807, 2.05) is 0 Å². The van der Waals surface area contributed by atoms with Crippen LogP contribution in [-0.2, 0) is 19.1 Å². The van der Waals surface area contributed by atoms with Crippen molar-refractivity contribution in [1.29, 1.82) is 0 Å². The average Bonchev–Trinajstić information content (AvgIpc) is 2.22. The predicted octanol–water partition coefficient (Wildman–Crippen LogP) is 0.148. The van der Waals surface area contributed by atoms with Gasteiger partial charge in [0.25, 0.3) is 0 Å². The summed E-state index contributed by atoms with van der Waals surface area (Å²) in [6.07, 6.45) is 1.41. The molecular formula is C9H13NO4S. The Labute approximate surface area is 93.6 Å². The van der Waals surface area contributed by atoms with Crippen molar-refractivity contribution in [2.24, 2.45) is 0 Å². The van der Waals surface area contributed by atoms with Gasteiger partial charge < -0.3 is 14.4 Å². The Kier molecular flexibility index (Phi) is 5.54. The van der Waals surface area contributed by atoms with Gasteiger partial charge in [-0.25, -0.2) is 9.59 Å². The van der Waals surface area contributed by atoms with Gasteiger partial charge in [0.15, 0.2) is 0 Å². The van der Waals surface area contributed by atoms with E-state index < -0.39 is 11.9 Å². The second-order valence-electron chi connectivity index (χ2n) is 2.82. The summed E-state index contributed by atoms with van der Waals surface area (Å²) in [5.41, 5.74) is 0.00403. The van der Waals surface area contributed by atoms with Crippen molar-refractivity contribution in [3.63, 3.8) is 0 Å². The molecular weight excluding hydrogens is 218 g/mol. The van der Waals surface area contributed by atoms with Gasteiger partial charge in [0.05, 0.1) is 14.2 Å². The fourth-order valence-electron chi connectivity index (χ4n) is 0.775. The number of hydrogen-bond donors (Lipinski definition) is 0. The van der Waals surface area contributed by atoms with Gasteiger partial charge in [0, 0.05) is 20.3 Å². The van der Waals surface area contributed by atoms with Crippen molar-refractivity contribution in [2.75, 3.05) is 28.3 Å². The Morgan fingerprint density at radius 3 is 1.93 bits per heavy atom. The number of ether oxygens (including phenoxy) is 2. The smallest absolute Gasteiger partial charge is 0.349 e. The number of esters is 2. The molecule has 15 heavy (non-hydrogen) atoms. The van der Waals surface area contributed by atoms with Crippen LogP contribution in [0, 0.1) is 0 Å². The summed E-state index contributed by atoms with van der Waals surface area (Å²) in [5, 5.41) is 0. The van der Waals surface area contributed by atoms with E-state index in [1.165, 1.54) is 20.4 Å². The third-order valence-electron chi connectivity index (χ3n) is 1.41. The Bertz CT molecular complexity index is 309. The van der Waals surface area contributed by atoms with Crippen LogP contribution in [-0.4, -0.2) is 50.0 Å². The second-order valence-corrected chi connectivity index (χ2v) is 3.23. The highest BCUT2D eigenvalue weighted by atomic mass is 32.1. The van der Waals surface area contributed by atoms with E-state index in [9.17, 15) is 9.59 Å². The highest BCUT2D eigenvalue weighted by Gasteiger charge is 2.22. The Morgan fingerprint density at radius 2 is 1.60 bits per heavy atom. The molecule has 5 nitrogen and oxygen atoms in total. The number of thiocarbonyl (C=S) groups is 1. The van der Waals surface area contributed by atoms with Crippen LogP contribution in [0.25, 0.3) is 0 Å². The van der Waals surface area contributed by atoms with Crippen LogP contribution >= 0.6 is 12.2 Å². The predicted molar refractivity (Wildman–Crippen MR) is 58.4 cm³/mol. The van der Waals surface area contributed by atoms with E-state index in [-0.39, 0.29) is 10.4 Å². The summed E-state index contributed by atoms with van der Waals surface area (Å²) < 4.78 is 8.92. The van der Waals surface area contributed by atoms with E-state index in [4.69, 9.17) is 12.2 Å². The molecule has 0 fully saturated rings. The Balaban J connectivity index is 5.04. The molecule has 0 aliphatic rings. The summed E-state index contributed by atoms with van der Waals surface area (Å²) in [7, 11) is 5.80. The van der Waals surface area contributed by atoms with Crippen molar-refractivity contribution in [3.8, 4) is 0 Å². The largest absolute Gasteiger partial charge is 0.465 e. The minimum absolute atomic E-state index is 0.00403. The van der Waals surface area contributed by atoms with Crippen LogP contribution in [0.3, 0.4) is 0 Å². The molecule has 0 aromatic heterocycles. The lowest BCUT2D eigenvalue weighted by molar-refractivity contribution is -0.137. The van der Waals surface area contributed by atoms with Crippen molar-refractivity contribution in [1.82, 2.24) is 4.90 Å². The molecule has 0 unspecified atom stereocenters. The first-order valence-corrected chi connectivity index (χ1v) is 4.44. The lowest BCUT2D eigenvalue weighted by Gasteiger charge is -2.10. The van der Waals surface area contributed by atoms with Crippen LogP contribution in [0.5, 0.6) is 0 Å². The van der Waals surface area contributed by atoms with Crippen LogP contribution in [0.2, 0.25) is 0 Å². The highest BCUT2D eigenvalue weighted by Crippen LogP contribution is 2.04. The Hall–Kier alpha value is -1.43. The molecule has 6 heteroatoms. The van der Waals surface area contributed by atoms with Crippen molar-refractivity contribution in [3.05, 3.63) is 11.8 Å². The van der Waals surface area contributed by atoms with Crippen molar-refractivity contribution in [2.45, 2.75) is 0 Å². The van der Waals surface area contributed by atoms with Gasteiger partial charge in [-0.1, -0.05) is 12.2 Å². The second kappa shape index (κ2) is 6.13. The molecule has 0 radical (unpaired) electrons. The maximum atomic E-state index is 11.3. The number of methoxy groups -OCH3 is 2. The summed E-state index contributed by atoms with van der Waals surface area (Å²) in [6, 6.07) is 0. The van der Waals surface area contributed by atoms with Gasteiger partial charge in [-0.3, -0.25) is 0 Å². The number of rotatable bonds is 4. The van der Waals surface area contributed by atoms with Crippen LogP contribution in [0.1, 0.15) is 0 Å². The molecule has 0 spiro atoms. The SMILES string of the molecule is COC(=O)C(=S)/C(=C/N(C)C)C(=O)OC. The van der Waals surface area contributed by atoms with Gasteiger partial charge >= 0.3 is 11.9 Å². The van der Waals surface area contributed by atoms with E-state index >= 15 is 0 Å². The normalized spacial score (nSPS) is 10.5. The van der Waals surface area contributed by atoms with Gasteiger partial charge in [0.1, 0.15) is 10.4 Å². The number of carbonyl (C=O) groups is 2. The van der Waals surface area contributed by atoms with Gasteiger partial charge in [-0.15, -0.1) is 0 Å². The van der Waals surface area contributed by atoms with Crippen LogP contribution in [0.4, 0.5) is 0 Å². The fourth-order valence-corrected chi connectivity index (χ4v) is 0.994. The summed E-state index contributed by atoms with van der Waals surface area (Å²) in [5.74, 6) is -1.40. The van der Waals surface area contributed by atoms with Gasteiger partial charge in [0.2, 0.25) is 0 Å². The summed E-state index contributed by atoms with van der Waals surface area (Å²) in [4.78, 5) is 23.8. The number of nitrogens with zero attached hydrogens (tertiary/aromatic N) is 1. The molecule has 0 saturated carbocycles. The first-order valence-electron chi connectivity index (χ1n) is 4.03. The molecule has 0 aliphatic heterocycles. The maximum Gasteiger partial charge on any atom is 0.349 e. The lowest BCUT2D eigenvalue weighted by atomic mass is 10.2. The standard InChI is InChI=1S/C9H13NO4S/c1-10(2)5-6(8(11)13-3)7(15)9(12)14-4/h5H,1-4H3/b6-5-.